The molecule has 0 bridgehead atoms. The van der Waals surface area contributed by atoms with Gasteiger partial charge in [-0.25, -0.2) is 30.3 Å². The number of hydrogen-bond donors (Lipinski definition) is 1. The van der Waals surface area contributed by atoms with Crippen molar-refractivity contribution < 1.29 is 31.5 Å². The predicted molar refractivity (Wildman–Crippen MR) is 172 cm³/mol. The van der Waals surface area contributed by atoms with E-state index in [4.69, 9.17) is 11.6 Å². The summed E-state index contributed by atoms with van der Waals surface area (Å²) in [5, 5.41) is 14.8. The number of aryl methyl sites for hydroxylation is 1. The fraction of sp³-hybridized carbons (Fsp3) is 0.333. The molecule has 2 aliphatic rings. The van der Waals surface area contributed by atoms with E-state index in [1.165, 1.54) is 46.1 Å². The second kappa shape index (κ2) is 12.4. The van der Waals surface area contributed by atoms with Gasteiger partial charge in [-0.2, -0.15) is 9.40 Å². The molecule has 1 atom stereocenters. The number of hydrogen-bond acceptors (Lipinski definition) is 9. The third-order valence-corrected chi connectivity index (χ3v) is 12.4. The smallest absolute Gasteiger partial charge is 0.327 e. The van der Waals surface area contributed by atoms with Crippen molar-refractivity contribution in [2.24, 2.45) is 13.0 Å². The number of amides is 1. The van der Waals surface area contributed by atoms with E-state index < -0.39 is 51.1 Å². The van der Waals surface area contributed by atoms with Crippen molar-refractivity contribution in [2.45, 2.75) is 28.7 Å². The molecule has 47 heavy (non-hydrogen) atoms. The zero-order chi connectivity index (χ0) is 33.7. The van der Waals surface area contributed by atoms with Crippen LogP contribution in [0, 0.1) is 5.92 Å². The minimum absolute atomic E-state index is 0.0129. The van der Waals surface area contributed by atoms with Crippen molar-refractivity contribution in [1.29, 1.82) is 0 Å². The Morgan fingerprint density at radius 2 is 1.66 bits per heavy atom. The number of nitrogens with zero attached hydrogens (tertiary/aromatic N) is 6. The maximum Gasteiger partial charge on any atom is 0.327 e. The van der Waals surface area contributed by atoms with Gasteiger partial charge in [-0.15, -0.1) is 0 Å². The monoisotopic (exact) mass is 702 g/mol. The minimum Gasteiger partial charge on any atom is -0.480 e. The zero-order valence-electron chi connectivity index (χ0n) is 25.1. The second-order valence-electron chi connectivity index (χ2n) is 11.6. The summed E-state index contributed by atoms with van der Waals surface area (Å²) in [6.45, 7) is 0.267. The van der Waals surface area contributed by atoms with Gasteiger partial charge in [0, 0.05) is 50.9 Å². The number of halogens is 1. The molecule has 2 saturated heterocycles. The maximum absolute atomic E-state index is 13.8. The summed E-state index contributed by atoms with van der Waals surface area (Å²) in [5.74, 6) is -1.36. The van der Waals surface area contributed by atoms with Gasteiger partial charge in [0.1, 0.15) is 11.9 Å². The van der Waals surface area contributed by atoms with E-state index in [0.29, 0.717) is 37.1 Å². The van der Waals surface area contributed by atoms with Gasteiger partial charge in [-0.3, -0.25) is 9.59 Å². The minimum atomic E-state index is -4.44. The molecule has 4 heterocycles. The highest BCUT2D eigenvalue weighted by Crippen LogP contribution is 2.33. The fourth-order valence-electron chi connectivity index (χ4n) is 6.03. The molecule has 0 spiro atoms. The van der Waals surface area contributed by atoms with Gasteiger partial charge >= 0.3 is 5.97 Å². The molecule has 0 aliphatic carbocycles. The van der Waals surface area contributed by atoms with E-state index in [0.717, 1.165) is 14.3 Å². The molecular weight excluding hydrogens is 672 g/mol. The van der Waals surface area contributed by atoms with Crippen molar-refractivity contribution in [2.75, 3.05) is 37.6 Å². The number of piperazine rings is 1. The predicted octanol–water partition coefficient (Wildman–Crippen LogP) is 1.83. The van der Waals surface area contributed by atoms with Crippen LogP contribution in [-0.4, -0.2) is 95.5 Å². The Bertz CT molecular complexity index is 2150. The van der Waals surface area contributed by atoms with E-state index >= 15 is 0 Å². The number of carbonyl (C=O) groups is 2. The number of carbonyl (C=O) groups excluding carboxylic acids is 1. The summed E-state index contributed by atoms with van der Waals surface area (Å²) in [6, 6.07) is 13.0. The molecule has 6 rings (SSSR count). The number of aromatic nitrogens is 3. The Labute approximate surface area is 275 Å². The highest BCUT2D eigenvalue weighted by molar-refractivity contribution is 7.90. The first kappa shape index (κ1) is 32.7. The Kier molecular flexibility index (Phi) is 8.63. The molecule has 0 saturated carbocycles. The summed E-state index contributed by atoms with van der Waals surface area (Å²) < 4.78 is 57.5. The molecule has 17 heteroatoms. The lowest BCUT2D eigenvalue weighted by Crippen LogP contribution is -2.61. The first-order valence-electron chi connectivity index (χ1n) is 14.7. The van der Waals surface area contributed by atoms with E-state index in [2.05, 4.69) is 5.10 Å². The summed E-state index contributed by atoms with van der Waals surface area (Å²) in [6.07, 6.45) is 2.46. The lowest BCUT2D eigenvalue weighted by molar-refractivity contribution is -0.154. The number of benzene rings is 2. The van der Waals surface area contributed by atoms with Crippen molar-refractivity contribution >= 4 is 60.2 Å². The quantitative estimate of drug-likeness (QED) is 0.286. The maximum atomic E-state index is 13.8. The average Bonchev–Trinajstić information content (AvgIpc) is 3.40. The van der Waals surface area contributed by atoms with Crippen molar-refractivity contribution in [1.82, 2.24) is 23.0 Å². The highest BCUT2D eigenvalue weighted by atomic mass is 35.5. The number of aliphatic carboxylic acids is 1. The van der Waals surface area contributed by atoms with Crippen LogP contribution in [0.2, 0.25) is 5.02 Å². The average molecular weight is 703 g/mol. The molecule has 1 unspecified atom stereocenters. The molecule has 2 fully saturated rings. The third kappa shape index (κ3) is 6.13. The van der Waals surface area contributed by atoms with E-state index in [1.807, 2.05) is 4.90 Å². The zero-order valence-corrected chi connectivity index (χ0v) is 27.5. The molecule has 4 aromatic rings. The summed E-state index contributed by atoms with van der Waals surface area (Å²) in [7, 11) is -7.01. The van der Waals surface area contributed by atoms with Crippen LogP contribution in [0.1, 0.15) is 12.8 Å². The summed E-state index contributed by atoms with van der Waals surface area (Å²) in [4.78, 5) is 40.4. The molecule has 2 aromatic heterocycles. The van der Waals surface area contributed by atoms with Gasteiger partial charge < -0.3 is 14.9 Å². The number of carboxylic acid groups (broad SMARTS) is 1. The van der Waals surface area contributed by atoms with Crippen LogP contribution in [0.25, 0.3) is 10.9 Å². The van der Waals surface area contributed by atoms with Gasteiger partial charge in [-0.05, 0) is 55.2 Å². The van der Waals surface area contributed by atoms with Crippen molar-refractivity contribution in [3.8, 4) is 0 Å². The van der Waals surface area contributed by atoms with Gasteiger partial charge in [0.25, 0.3) is 15.6 Å². The van der Waals surface area contributed by atoms with Crippen LogP contribution in [0.4, 0.5) is 5.82 Å². The molecule has 248 valence electrons. The van der Waals surface area contributed by atoms with E-state index in [1.54, 1.807) is 31.3 Å². The van der Waals surface area contributed by atoms with Gasteiger partial charge in [0.15, 0.2) is 0 Å². The number of carboxylic acids is 1. The summed E-state index contributed by atoms with van der Waals surface area (Å²) in [5.41, 5.74) is -0.211. The Balaban J connectivity index is 1.21. The lowest BCUT2D eigenvalue weighted by Gasteiger charge is -2.41. The van der Waals surface area contributed by atoms with Gasteiger partial charge in [0.05, 0.1) is 26.9 Å². The van der Waals surface area contributed by atoms with Crippen LogP contribution in [0.5, 0.6) is 0 Å². The molecule has 0 radical (unpaired) electrons. The Morgan fingerprint density at radius 3 is 2.32 bits per heavy atom. The van der Waals surface area contributed by atoms with Crippen LogP contribution >= 0.6 is 11.6 Å². The topological polar surface area (TPSA) is 172 Å². The van der Waals surface area contributed by atoms with Gasteiger partial charge in [-0.1, -0.05) is 29.8 Å². The highest BCUT2D eigenvalue weighted by Gasteiger charge is 2.43. The normalized spacial score (nSPS) is 18.6. The Morgan fingerprint density at radius 1 is 0.957 bits per heavy atom. The van der Waals surface area contributed by atoms with Crippen molar-refractivity contribution in [3.05, 3.63) is 82.2 Å². The number of rotatable bonds is 8. The van der Waals surface area contributed by atoms with Crippen LogP contribution in [-0.2, 0) is 36.7 Å². The van der Waals surface area contributed by atoms with E-state index in [9.17, 15) is 36.3 Å². The molecule has 1 amide bonds. The SMILES string of the molecule is Cn1nc(N2CCC(CN3C(=O)CN(S(=O)(=O)c4ccc5c(Cl)cn(S(=O)(=O)c6ccccc6)c5c4)CC3C(=O)O)CC2)ccc1=O. The Hall–Kier alpha value is -4.25. The second-order valence-corrected chi connectivity index (χ2v) is 15.7. The van der Waals surface area contributed by atoms with Crippen LogP contribution < -0.4 is 10.5 Å². The fourth-order valence-corrected chi connectivity index (χ4v) is 9.14. The summed E-state index contributed by atoms with van der Waals surface area (Å²) >= 11 is 6.33. The molecule has 1 N–H and O–H groups in total. The number of anilines is 1. The van der Waals surface area contributed by atoms with Crippen molar-refractivity contribution in [3.63, 3.8) is 0 Å². The molecule has 14 nitrogen and oxygen atoms in total. The number of fused-ring (bicyclic) bond motifs is 1. The largest absolute Gasteiger partial charge is 0.480 e. The number of piperidine rings is 1. The molecular formula is C30H31ClN6O8S2. The van der Waals surface area contributed by atoms with E-state index in [-0.39, 0.29) is 38.4 Å². The first-order chi connectivity index (χ1) is 22.3. The van der Waals surface area contributed by atoms with Crippen LogP contribution in [0.15, 0.2) is 81.4 Å². The van der Waals surface area contributed by atoms with Gasteiger partial charge in [0.2, 0.25) is 15.9 Å². The third-order valence-electron chi connectivity index (χ3n) is 8.64. The van der Waals surface area contributed by atoms with Crippen LogP contribution in [0.3, 0.4) is 0 Å². The molecule has 2 aromatic carbocycles. The molecule has 2 aliphatic heterocycles. The first-order valence-corrected chi connectivity index (χ1v) is 18.0. The lowest BCUT2D eigenvalue weighted by atomic mass is 9.95. The standard InChI is InChI=1S/C30H31ClN6O8S2/c1-33-28(38)10-9-27(32-33)34-13-11-20(12-14-34)16-36-26(30(40)41)18-35(19-29(36)39)46(42,43)22-7-8-23-24(31)17-37(25(23)15-22)47(44,45)21-5-3-2-4-6-21/h2-10,15,17,20,26H,11-14,16,18-19H2,1H3,(H,40,41). The number of sulfonamides is 1.